The van der Waals surface area contributed by atoms with Crippen molar-refractivity contribution in [2.24, 2.45) is 10.9 Å². The van der Waals surface area contributed by atoms with Gasteiger partial charge in [-0.2, -0.15) is 0 Å². The van der Waals surface area contributed by atoms with E-state index in [1.807, 2.05) is 0 Å². The van der Waals surface area contributed by atoms with Gasteiger partial charge in [0.2, 0.25) is 5.91 Å². The first-order valence-electron chi connectivity index (χ1n) is 5.15. The number of ether oxygens (including phenoxy) is 1. The van der Waals surface area contributed by atoms with Gasteiger partial charge in [-0.1, -0.05) is 5.16 Å². The Morgan fingerprint density at radius 1 is 1.47 bits per heavy atom. The van der Waals surface area contributed by atoms with Crippen LogP contribution in [-0.2, 0) is 9.53 Å². The number of nitrogens with one attached hydrogen (secondary N) is 1. The summed E-state index contributed by atoms with van der Waals surface area (Å²) in [4.78, 5) is 11.1. The molecule has 0 aliphatic rings. The van der Waals surface area contributed by atoms with E-state index in [2.05, 4.69) is 15.2 Å². The summed E-state index contributed by atoms with van der Waals surface area (Å²) in [7, 11) is 0. The van der Waals surface area contributed by atoms with Crippen molar-refractivity contribution in [1.82, 2.24) is 5.32 Å². The molecular weight excluding hydrogens is 236 g/mol. The predicted molar refractivity (Wildman–Crippen MR) is 57.1 cm³/mol. The minimum Gasteiger partial charge on any atom is -0.409 e. The van der Waals surface area contributed by atoms with Crippen LogP contribution in [0.25, 0.3) is 0 Å². The number of oxime groups is 1. The fourth-order valence-corrected chi connectivity index (χ4v) is 0.973. The van der Waals surface area contributed by atoms with E-state index in [4.69, 9.17) is 10.9 Å². The molecule has 0 atom stereocenters. The normalized spacial score (nSPS) is 11.8. The van der Waals surface area contributed by atoms with Crippen LogP contribution in [0, 0.1) is 0 Å². The minimum absolute atomic E-state index is 0.0313. The van der Waals surface area contributed by atoms with Gasteiger partial charge in [0.15, 0.2) is 0 Å². The van der Waals surface area contributed by atoms with Crippen LogP contribution >= 0.6 is 0 Å². The number of hydrogen-bond acceptors (Lipinski definition) is 4. The molecule has 8 heteroatoms. The Labute approximate surface area is 97.8 Å². The van der Waals surface area contributed by atoms with Crippen LogP contribution in [0.3, 0.4) is 0 Å². The maximum Gasteiger partial charge on any atom is 0.261 e. The van der Waals surface area contributed by atoms with Crippen LogP contribution in [0.15, 0.2) is 5.16 Å². The summed E-state index contributed by atoms with van der Waals surface area (Å²) >= 11 is 0. The third-order valence-electron chi connectivity index (χ3n) is 1.78. The standard InChI is InChI=1S/C9H17F2N3O3/c10-7(11)6-17-5-3-9(15)13-4-1-2-8(12)14-16/h7,16H,1-6H2,(H2,12,14)(H,13,15). The number of nitrogens with two attached hydrogens (primary N) is 1. The van der Waals surface area contributed by atoms with E-state index in [-0.39, 0.29) is 24.8 Å². The van der Waals surface area contributed by atoms with Crippen molar-refractivity contribution >= 4 is 11.7 Å². The summed E-state index contributed by atoms with van der Waals surface area (Å²) in [5, 5.41) is 13.6. The lowest BCUT2D eigenvalue weighted by molar-refractivity contribution is -0.122. The summed E-state index contributed by atoms with van der Waals surface area (Å²) in [6.45, 7) is -0.308. The molecule has 0 heterocycles. The van der Waals surface area contributed by atoms with E-state index in [0.717, 1.165) is 0 Å². The molecule has 0 aliphatic carbocycles. The van der Waals surface area contributed by atoms with Gasteiger partial charge in [0.1, 0.15) is 12.4 Å². The van der Waals surface area contributed by atoms with Crippen molar-refractivity contribution in [2.75, 3.05) is 19.8 Å². The van der Waals surface area contributed by atoms with Gasteiger partial charge in [-0.25, -0.2) is 8.78 Å². The SMILES string of the molecule is NC(CCCNC(=O)CCOCC(F)F)=NO. The van der Waals surface area contributed by atoms with E-state index in [1.54, 1.807) is 0 Å². The highest BCUT2D eigenvalue weighted by molar-refractivity contribution is 5.79. The third kappa shape index (κ3) is 10.8. The Kier molecular flexibility index (Phi) is 8.94. The average Bonchev–Trinajstić information content (AvgIpc) is 2.29. The lowest BCUT2D eigenvalue weighted by Gasteiger charge is -2.05. The van der Waals surface area contributed by atoms with Crippen LogP contribution in [0.5, 0.6) is 0 Å². The van der Waals surface area contributed by atoms with Gasteiger partial charge in [-0.3, -0.25) is 4.79 Å². The second-order valence-corrected chi connectivity index (χ2v) is 3.26. The highest BCUT2D eigenvalue weighted by Crippen LogP contribution is 1.93. The summed E-state index contributed by atoms with van der Waals surface area (Å²) in [6, 6.07) is 0. The number of amidine groups is 1. The third-order valence-corrected chi connectivity index (χ3v) is 1.78. The Morgan fingerprint density at radius 3 is 2.76 bits per heavy atom. The first kappa shape index (κ1) is 15.6. The number of halogens is 2. The molecule has 0 fully saturated rings. The Balaban J connectivity index is 3.35. The van der Waals surface area contributed by atoms with E-state index >= 15 is 0 Å². The Morgan fingerprint density at radius 2 is 2.18 bits per heavy atom. The number of carbonyl (C=O) groups excluding carboxylic acids is 1. The number of rotatable bonds is 9. The molecule has 0 saturated carbocycles. The van der Waals surface area contributed by atoms with Crippen LogP contribution < -0.4 is 11.1 Å². The van der Waals surface area contributed by atoms with Crippen molar-refractivity contribution in [3.05, 3.63) is 0 Å². The van der Waals surface area contributed by atoms with Crippen molar-refractivity contribution in [3.8, 4) is 0 Å². The molecule has 0 aliphatic heterocycles. The number of carbonyl (C=O) groups is 1. The lowest BCUT2D eigenvalue weighted by Crippen LogP contribution is -2.26. The zero-order valence-corrected chi connectivity index (χ0v) is 9.36. The highest BCUT2D eigenvalue weighted by Gasteiger charge is 2.04. The summed E-state index contributed by atoms with van der Waals surface area (Å²) in [6.07, 6.45) is -1.56. The second-order valence-electron chi connectivity index (χ2n) is 3.26. The summed E-state index contributed by atoms with van der Waals surface area (Å²) < 4.78 is 27.8. The van der Waals surface area contributed by atoms with Gasteiger partial charge in [0, 0.05) is 19.4 Å². The van der Waals surface area contributed by atoms with E-state index in [9.17, 15) is 13.6 Å². The molecule has 0 rings (SSSR count). The fourth-order valence-electron chi connectivity index (χ4n) is 0.973. The molecule has 0 aromatic carbocycles. The smallest absolute Gasteiger partial charge is 0.261 e. The quantitative estimate of drug-likeness (QED) is 0.181. The van der Waals surface area contributed by atoms with Crippen LogP contribution in [0.1, 0.15) is 19.3 Å². The lowest BCUT2D eigenvalue weighted by atomic mass is 10.3. The van der Waals surface area contributed by atoms with Gasteiger partial charge in [0.25, 0.3) is 6.43 Å². The Bertz CT molecular complexity index is 250. The van der Waals surface area contributed by atoms with E-state index < -0.39 is 13.0 Å². The average molecular weight is 253 g/mol. The van der Waals surface area contributed by atoms with Gasteiger partial charge >= 0.3 is 0 Å². The predicted octanol–water partition coefficient (Wildman–Crippen LogP) is 0.301. The van der Waals surface area contributed by atoms with Gasteiger partial charge in [-0.05, 0) is 6.42 Å². The Hall–Kier alpha value is -1.44. The van der Waals surface area contributed by atoms with Crippen molar-refractivity contribution in [1.29, 1.82) is 0 Å². The summed E-state index contributed by atoms with van der Waals surface area (Å²) in [5.74, 6) is -0.182. The molecule has 100 valence electrons. The first-order chi connectivity index (χ1) is 8.06. The number of nitrogens with zero attached hydrogens (tertiary/aromatic N) is 1. The molecule has 1 amide bonds. The minimum atomic E-state index is -2.51. The maximum absolute atomic E-state index is 11.6. The largest absolute Gasteiger partial charge is 0.409 e. The van der Waals surface area contributed by atoms with Crippen LogP contribution in [-0.4, -0.2) is 43.1 Å². The van der Waals surface area contributed by atoms with Crippen molar-refractivity contribution in [3.63, 3.8) is 0 Å². The summed E-state index contributed by atoms with van der Waals surface area (Å²) in [5.41, 5.74) is 5.21. The molecule has 0 radical (unpaired) electrons. The topological polar surface area (TPSA) is 96.9 Å². The second kappa shape index (κ2) is 9.76. The van der Waals surface area contributed by atoms with Crippen LogP contribution in [0.2, 0.25) is 0 Å². The fraction of sp³-hybridized carbons (Fsp3) is 0.778. The zero-order valence-electron chi connectivity index (χ0n) is 9.36. The van der Waals surface area contributed by atoms with Gasteiger partial charge in [-0.15, -0.1) is 0 Å². The van der Waals surface area contributed by atoms with Gasteiger partial charge < -0.3 is 21.0 Å². The van der Waals surface area contributed by atoms with E-state index in [0.29, 0.717) is 19.4 Å². The molecule has 0 aromatic rings. The number of hydrogen-bond donors (Lipinski definition) is 3. The molecular formula is C9H17F2N3O3. The van der Waals surface area contributed by atoms with E-state index in [1.165, 1.54) is 0 Å². The maximum atomic E-state index is 11.6. The zero-order chi connectivity index (χ0) is 13.1. The molecule has 0 aromatic heterocycles. The molecule has 0 spiro atoms. The van der Waals surface area contributed by atoms with Crippen molar-refractivity contribution in [2.45, 2.75) is 25.7 Å². The number of alkyl halides is 2. The molecule has 17 heavy (non-hydrogen) atoms. The monoisotopic (exact) mass is 253 g/mol. The molecule has 0 bridgehead atoms. The molecule has 0 unspecified atom stereocenters. The van der Waals surface area contributed by atoms with Crippen molar-refractivity contribution < 1.29 is 23.5 Å². The molecule has 6 nitrogen and oxygen atoms in total. The first-order valence-corrected chi connectivity index (χ1v) is 5.15. The number of amides is 1. The molecule has 0 saturated heterocycles. The van der Waals surface area contributed by atoms with Gasteiger partial charge in [0.05, 0.1) is 6.61 Å². The van der Waals surface area contributed by atoms with Crippen LogP contribution in [0.4, 0.5) is 8.78 Å². The highest BCUT2D eigenvalue weighted by atomic mass is 19.3. The molecule has 4 N–H and O–H groups in total.